The van der Waals surface area contributed by atoms with E-state index in [1.807, 2.05) is 6.08 Å². The lowest BCUT2D eigenvalue weighted by atomic mass is 9.72. The summed E-state index contributed by atoms with van der Waals surface area (Å²) < 4.78 is 0. The van der Waals surface area contributed by atoms with E-state index >= 15 is 0 Å². The zero-order chi connectivity index (χ0) is 10.7. The average molecular weight is 209 g/mol. The first kappa shape index (κ1) is 11.1. The quantitative estimate of drug-likeness (QED) is 0.686. The van der Waals surface area contributed by atoms with E-state index < -0.39 is 0 Å². The van der Waals surface area contributed by atoms with E-state index in [0.717, 1.165) is 19.6 Å². The van der Waals surface area contributed by atoms with Gasteiger partial charge in [-0.2, -0.15) is 0 Å². The van der Waals surface area contributed by atoms with E-state index in [4.69, 9.17) is 5.73 Å². The highest BCUT2D eigenvalue weighted by atomic mass is 15.2. The molecule has 0 amide bonds. The highest BCUT2D eigenvalue weighted by Gasteiger charge is 2.43. The van der Waals surface area contributed by atoms with E-state index in [9.17, 15) is 0 Å². The third-order valence-electron chi connectivity index (χ3n) is 3.87. The normalized spacial score (nSPS) is 26.5. The Morgan fingerprint density at radius 2 is 1.87 bits per heavy atom. The number of nitrogens with zero attached hydrogens (tertiary/aromatic N) is 2. The zero-order valence-corrected chi connectivity index (χ0v) is 9.62. The van der Waals surface area contributed by atoms with Crippen molar-refractivity contribution in [1.29, 1.82) is 0 Å². The van der Waals surface area contributed by atoms with Crippen molar-refractivity contribution >= 4 is 0 Å². The van der Waals surface area contributed by atoms with Crippen LogP contribution in [0, 0.1) is 5.41 Å². The lowest BCUT2D eigenvalue weighted by Crippen LogP contribution is -2.60. The maximum atomic E-state index is 5.56. The van der Waals surface area contributed by atoms with Crippen LogP contribution in [0.4, 0.5) is 0 Å². The molecular formula is C12H23N3. The van der Waals surface area contributed by atoms with Crippen LogP contribution in [0.5, 0.6) is 0 Å². The van der Waals surface area contributed by atoms with Gasteiger partial charge in [0.25, 0.3) is 0 Å². The number of hydrogen-bond donors (Lipinski definition) is 1. The summed E-state index contributed by atoms with van der Waals surface area (Å²) in [4.78, 5) is 4.99. The Labute approximate surface area is 92.9 Å². The summed E-state index contributed by atoms with van der Waals surface area (Å²) >= 11 is 0. The van der Waals surface area contributed by atoms with Gasteiger partial charge in [-0.05, 0) is 31.3 Å². The number of likely N-dealkylation sites (tertiary alicyclic amines) is 2. The molecule has 3 nitrogen and oxygen atoms in total. The largest absolute Gasteiger partial charge is 0.329 e. The second-order valence-electron chi connectivity index (χ2n) is 5.09. The minimum Gasteiger partial charge on any atom is -0.329 e. The van der Waals surface area contributed by atoms with E-state index in [2.05, 4.69) is 16.4 Å². The van der Waals surface area contributed by atoms with Crippen molar-refractivity contribution in [1.82, 2.24) is 9.80 Å². The second kappa shape index (κ2) is 4.64. The van der Waals surface area contributed by atoms with Crippen LogP contribution in [0.2, 0.25) is 0 Å². The molecule has 0 bridgehead atoms. The fraction of sp³-hybridized carbons (Fsp3) is 0.833. The SMILES string of the molecule is C=CCN1CCC2(CC1)CN(CCN)C2. The lowest BCUT2D eigenvalue weighted by molar-refractivity contribution is -0.0425. The summed E-state index contributed by atoms with van der Waals surface area (Å²) in [6.07, 6.45) is 4.74. The molecule has 2 saturated heterocycles. The Hall–Kier alpha value is -0.380. The molecule has 0 aliphatic carbocycles. The number of hydrogen-bond acceptors (Lipinski definition) is 3. The van der Waals surface area contributed by atoms with Crippen LogP contribution in [0.3, 0.4) is 0 Å². The van der Waals surface area contributed by atoms with Crippen molar-refractivity contribution in [2.24, 2.45) is 11.1 Å². The van der Waals surface area contributed by atoms with Crippen LogP contribution in [-0.2, 0) is 0 Å². The van der Waals surface area contributed by atoms with Crippen molar-refractivity contribution < 1.29 is 0 Å². The van der Waals surface area contributed by atoms with Gasteiger partial charge in [0.1, 0.15) is 0 Å². The zero-order valence-electron chi connectivity index (χ0n) is 9.62. The minimum absolute atomic E-state index is 0.646. The van der Waals surface area contributed by atoms with Crippen molar-refractivity contribution in [2.75, 3.05) is 45.8 Å². The summed E-state index contributed by atoms with van der Waals surface area (Å²) in [7, 11) is 0. The average Bonchev–Trinajstić information content (AvgIpc) is 2.19. The van der Waals surface area contributed by atoms with Gasteiger partial charge in [-0.1, -0.05) is 6.08 Å². The van der Waals surface area contributed by atoms with Crippen LogP contribution < -0.4 is 5.73 Å². The van der Waals surface area contributed by atoms with Crippen LogP contribution >= 0.6 is 0 Å². The third kappa shape index (κ3) is 2.41. The molecule has 0 radical (unpaired) electrons. The monoisotopic (exact) mass is 209 g/mol. The van der Waals surface area contributed by atoms with Gasteiger partial charge in [-0.25, -0.2) is 0 Å². The maximum Gasteiger partial charge on any atom is 0.0160 e. The van der Waals surface area contributed by atoms with Gasteiger partial charge >= 0.3 is 0 Å². The summed E-state index contributed by atoms with van der Waals surface area (Å²) in [5.41, 5.74) is 6.20. The minimum atomic E-state index is 0.646. The molecule has 2 fully saturated rings. The summed E-state index contributed by atoms with van der Waals surface area (Å²) in [6, 6.07) is 0. The van der Waals surface area contributed by atoms with Crippen molar-refractivity contribution in [3.63, 3.8) is 0 Å². The fourth-order valence-corrected chi connectivity index (χ4v) is 2.95. The topological polar surface area (TPSA) is 32.5 Å². The Kier molecular flexibility index (Phi) is 3.44. The van der Waals surface area contributed by atoms with Gasteiger partial charge in [-0.3, -0.25) is 4.90 Å². The first-order chi connectivity index (χ1) is 7.28. The van der Waals surface area contributed by atoms with E-state index in [1.165, 1.54) is 39.0 Å². The smallest absolute Gasteiger partial charge is 0.0160 e. The van der Waals surface area contributed by atoms with Gasteiger partial charge in [0.2, 0.25) is 0 Å². The predicted molar refractivity (Wildman–Crippen MR) is 63.8 cm³/mol. The fourth-order valence-electron chi connectivity index (χ4n) is 2.95. The number of rotatable bonds is 4. The van der Waals surface area contributed by atoms with Crippen LogP contribution in [0.1, 0.15) is 12.8 Å². The molecule has 2 N–H and O–H groups in total. The van der Waals surface area contributed by atoms with Gasteiger partial charge in [-0.15, -0.1) is 6.58 Å². The molecule has 2 aliphatic rings. The van der Waals surface area contributed by atoms with Crippen molar-refractivity contribution in [3.05, 3.63) is 12.7 Å². The Balaban J connectivity index is 1.73. The Bertz CT molecular complexity index is 211. The molecule has 3 heteroatoms. The van der Waals surface area contributed by atoms with Crippen LogP contribution in [0.15, 0.2) is 12.7 Å². The highest BCUT2D eigenvalue weighted by Crippen LogP contribution is 2.39. The molecule has 1 spiro atoms. The summed E-state index contributed by atoms with van der Waals surface area (Å²) in [6.45, 7) is 11.8. The van der Waals surface area contributed by atoms with Gasteiger partial charge in [0, 0.05) is 32.7 Å². The van der Waals surface area contributed by atoms with Gasteiger partial charge < -0.3 is 10.6 Å². The highest BCUT2D eigenvalue weighted by molar-refractivity contribution is 4.98. The molecule has 0 saturated carbocycles. The third-order valence-corrected chi connectivity index (χ3v) is 3.87. The Morgan fingerprint density at radius 1 is 1.20 bits per heavy atom. The molecule has 0 unspecified atom stereocenters. The lowest BCUT2D eigenvalue weighted by Gasteiger charge is -2.54. The molecule has 15 heavy (non-hydrogen) atoms. The standard InChI is InChI=1S/C12H23N3/c1-2-6-14-7-3-12(4-8-14)10-15(11-12)9-5-13/h2H,1,3-11,13H2. The summed E-state index contributed by atoms with van der Waals surface area (Å²) in [5.74, 6) is 0. The molecule has 0 aromatic rings. The second-order valence-corrected chi connectivity index (χ2v) is 5.09. The molecular weight excluding hydrogens is 186 g/mol. The van der Waals surface area contributed by atoms with Gasteiger partial charge in [0.15, 0.2) is 0 Å². The first-order valence-corrected chi connectivity index (χ1v) is 6.04. The van der Waals surface area contributed by atoms with Crippen molar-refractivity contribution in [3.8, 4) is 0 Å². The molecule has 0 atom stereocenters. The molecule has 0 aromatic heterocycles. The van der Waals surface area contributed by atoms with Gasteiger partial charge in [0.05, 0.1) is 0 Å². The van der Waals surface area contributed by atoms with Crippen LogP contribution in [-0.4, -0.2) is 55.6 Å². The first-order valence-electron chi connectivity index (χ1n) is 6.04. The van der Waals surface area contributed by atoms with E-state index in [0.29, 0.717) is 5.41 Å². The predicted octanol–water partition coefficient (Wildman–Crippen LogP) is 0.529. The molecule has 86 valence electrons. The molecule has 2 aliphatic heterocycles. The number of piperidine rings is 1. The molecule has 2 rings (SSSR count). The van der Waals surface area contributed by atoms with Crippen molar-refractivity contribution in [2.45, 2.75) is 12.8 Å². The van der Waals surface area contributed by atoms with Crippen LogP contribution in [0.25, 0.3) is 0 Å². The van der Waals surface area contributed by atoms with E-state index in [1.54, 1.807) is 0 Å². The number of nitrogens with two attached hydrogens (primary N) is 1. The molecule has 2 heterocycles. The molecule has 0 aromatic carbocycles. The Morgan fingerprint density at radius 3 is 2.40 bits per heavy atom. The maximum absolute atomic E-state index is 5.56. The van der Waals surface area contributed by atoms with E-state index in [-0.39, 0.29) is 0 Å². The summed E-state index contributed by atoms with van der Waals surface area (Å²) in [5, 5.41) is 0.